The molecule has 0 bridgehead atoms. The van der Waals surface area contributed by atoms with Gasteiger partial charge in [0.1, 0.15) is 5.01 Å². The molecule has 1 aliphatic carbocycles. The second-order valence-corrected chi connectivity index (χ2v) is 6.97. The minimum absolute atomic E-state index is 0.00447. The Morgan fingerprint density at radius 1 is 1.14 bits per heavy atom. The molecule has 0 atom stereocenters. The van der Waals surface area contributed by atoms with Gasteiger partial charge in [0.15, 0.2) is 0 Å². The molecule has 4 heteroatoms. The van der Waals surface area contributed by atoms with Crippen LogP contribution in [0, 0.1) is 0 Å². The summed E-state index contributed by atoms with van der Waals surface area (Å²) < 4.78 is 1.16. The van der Waals surface area contributed by atoms with Crippen molar-refractivity contribution in [2.75, 3.05) is 0 Å². The fraction of sp³-hybridized carbons (Fsp3) is 0.444. The molecule has 1 aromatic carbocycles. The molecule has 3 nitrogen and oxygen atoms in total. The van der Waals surface area contributed by atoms with E-state index < -0.39 is 0 Å². The SMILES string of the molecule is O=C(C=Cc1nc2ccccc2s1)NC1CCCCCCC1. The highest BCUT2D eigenvalue weighted by atomic mass is 32.1. The predicted octanol–water partition coefficient (Wildman–Crippen LogP) is 4.54. The molecule has 0 spiro atoms. The Kier molecular flexibility index (Phi) is 5.22. The summed E-state index contributed by atoms with van der Waals surface area (Å²) in [6.07, 6.45) is 12.1. The standard InChI is InChI=1S/C18H22N2OS/c21-17(19-14-8-4-2-1-3-5-9-14)12-13-18-20-15-10-6-7-11-16(15)22-18/h6-7,10-14H,1-5,8-9H2,(H,19,21). The van der Waals surface area contributed by atoms with E-state index in [0.717, 1.165) is 28.1 Å². The van der Waals surface area contributed by atoms with Crippen molar-refractivity contribution in [3.05, 3.63) is 35.3 Å². The van der Waals surface area contributed by atoms with Gasteiger partial charge in [0.2, 0.25) is 5.91 Å². The van der Waals surface area contributed by atoms with Gasteiger partial charge in [-0.3, -0.25) is 4.79 Å². The van der Waals surface area contributed by atoms with E-state index in [1.165, 1.54) is 32.1 Å². The van der Waals surface area contributed by atoms with Crippen molar-refractivity contribution in [2.24, 2.45) is 0 Å². The highest BCUT2D eigenvalue weighted by Gasteiger charge is 2.12. The van der Waals surface area contributed by atoms with Crippen molar-refractivity contribution < 1.29 is 4.79 Å². The van der Waals surface area contributed by atoms with Crippen molar-refractivity contribution in [3.8, 4) is 0 Å². The maximum atomic E-state index is 12.1. The van der Waals surface area contributed by atoms with E-state index in [0.29, 0.717) is 6.04 Å². The molecule has 1 N–H and O–H groups in total. The Bertz CT molecular complexity index is 621. The number of benzene rings is 1. The van der Waals surface area contributed by atoms with Gasteiger partial charge in [-0.25, -0.2) is 4.98 Å². The van der Waals surface area contributed by atoms with Crippen LogP contribution < -0.4 is 5.32 Å². The number of nitrogens with zero attached hydrogens (tertiary/aromatic N) is 1. The number of fused-ring (bicyclic) bond motifs is 1. The van der Waals surface area contributed by atoms with E-state index in [1.54, 1.807) is 17.4 Å². The van der Waals surface area contributed by atoms with Crippen LogP contribution in [0.1, 0.15) is 50.0 Å². The fourth-order valence-corrected chi connectivity index (χ4v) is 3.83. The van der Waals surface area contributed by atoms with Gasteiger partial charge < -0.3 is 5.32 Å². The maximum Gasteiger partial charge on any atom is 0.244 e. The number of amides is 1. The molecule has 1 amide bonds. The van der Waals surface area contributed by atoms with Gasteiger partial charge in [0, 0.05) is 12.1 Å². The van der Waals surface area contributed by atoms with Crippen LogP contribution in [0.4, 0.5) is 0 Å². The zero-order chi connectivity index (χ0) is 15.2. The normalized spacial score (nSPS) is 17.5. The third-order valence-corrected chi connectivity index (χ3v) is 5.14. The number of para-hydroxylation sites is 1. The first-order valence-corrected chi connectivity index (χ1v) is 8.97. The third kappa shape index (κ3) is 4.17. The molecule has 3 rings (SSSR count). The number of rotatable bonds is 3. The second-order valence-electron chi connectivity index (χ2n) is 5.90. The lowest BCUT2D eigenvalue weighted by atomic mass is 9.97. The van der Waals surface area contributed by atoms with E-state index in [2.05, 4.69) is 16.4 Å². The lowest BCUT2D eigenvalue weighted by Crippen LogP contribution is -2.34. The summed E-state index contributed by atoms with van der Waals surface area (Å²) in [6, 6.07) is 8.39. The van der Waals surface area contributed by atoms with Crippen LogP contribution in [0.2, 0.25) is 0 Å². The minimum Gasteiger partial charge on any atom is -0.350 e. The van der Waals surface area contributed by atoms with Crippen LogP contribution in [0.15, 0.2) is 30.3 Å². The first kappa shape index (κ1) is 15.2. The molecule has 1 fully saturated rings. The molecule has 1 heterocycles. The maximum absolute atomic E-state index is 12.1. The number of carbonyl (C=O) groups excluding carboxylic acids is 1. The third-order valence-electron chi connectivity index (χ3n) is 4.14. The van der Waals surface area contributed by atoms with Gasteiger partial charge in [0.05, 0.1) is 10.2 Å². The second kappa shape index (κ2) is 7.54. The topological polar surface area (TPSA) is 42.0 Å². The van der Waals surface area contributed by atoms with Crippen molar-refractivity contribution in [3.63, 3.8) is 0 Å². The van der Waals surface area contributed by atoms with Crippen LogP contribution in [-0.4, -0.2) is 16.9 Å². The molecule has 0 aliphatic heterocycles. The Balaban J connectivity index is 1.58. The number of hydrogen-bond donors (Lipinski definition) is 1. The number of thiazole rings is 1. The molecule has 2 aromatic rings. The van der Waals surface area contributed by atoms with Gasteiger partial charge in [-0.15, -0.1) is 11.3 Å². The number of nitrogens with one attached hydrogen (secondary N) is 1. The van der Waals surface area contributed by atoms with Crippen molar-refractivity contribution in [1.82, 2.24) is 10.3 Å². The summed E-state index contributed by atoms with van der Waals surface area (Å²) in [6.45, 7) is 0. The monoisotopic (exact) mass is 314 g/mol. The highest BCUT2D eigenvalue weighted by Crippen LogP contribution is 2.22. The van der Waals surface area contributed by atoms with Gasteiger partial charge in [0.25, 0.3) is 0 Å². The number of carbonyl (C=O) groups is 1. The van der Waals surface area contributed by atoms with Gasteiger partial charge in [-0.1, -0.05) is 44.2 Å². The molecule has 116 valence electrons. The van der Waals surface area contributed by atoms with Gasteiger partial charge in [-0.05, 0) is 31.1 Å². The predicted molar refractivity (Wildman–Crippen MR) is 92.9 cm³/mol. The summed E-state index contributed by atoms with van der Waals surface area (Å²) >= 11 is 1.61. The summed E-state index contributed by atoms with van der Waals surface area (Å²) in [5, 5.41) is 4.03. The molecule has 1 aliphatic rings. The molecule has 1 saturated carbocycles. The average Bonchev–Trinajstić information content (AvgIpc) is 2.91. The van der Waals surface area contributed by atoms with Crippen molar-refractivity contribution in [2.45, 2.75) is 51.0 Å². The summed E-state index contributed by atoms with van der Waals surface area (Å²) in [5.41, 5.74) is 0.993. The largest absolute Gasteiger partial charge is 0.350 e. The lowest BCUT2D eigenvalue weighted by Gasteiger charge is -2.20. The average molecular weight is 314 g/mol. The fourth-order valence-electron chi connectivity index (χ4n) is 2.96. The lowest BCUT2D eigenvalue weighted by molar-refractivity contribution is -0.117. The van der Waals surface area contributed by atoms with Crippen LogP contribution in [0.25, 0.3) is 16.3 Å². The van der Waals surface area contributed by atoms with E-state index >= 15 is 0 Å². The van der Waals surface area contributed by atoms with E-state index in [1.807, 2.05) is 24.3 Å². The van der Waals surface area contributed by atoms with E-state index in [9.17, 15) is 4.79 Å². The van der Waals surface area contributed by atoms with Crippen LogP contribution in [0.3, 0.4) is 0 Å². The summed E-state index contributed by atoms with van der Waals surface area (Å²) in [4.78, 5) is 16.6. The summed E-state index contributed by atoms with van der Waals surface area (Å²) in [5.74, 6) is 0.00447. The van der Waals surface area contributed by atoms with Crippen molar-refractivity contribution >= 4 is 33.5 Å². The van der Waals surface area contributed by atoms with Gasteiger partial charge >= 0.3 is 0 Å². The number of aromatic nitrogens is 1. The zero-order valence-corrected chi connectivity index (χ0v) is 13.6. The van der Waals surface area contributed by atoms with E-state index in [4.69, 9.17) is 0 Å². The Hall–Kier alpha value is -1.68. The van der Waals surface area contributed by atoms with E-state index in [-0.39, 0.29) is 5.91 Å². The first-order chi connectivity index (χ1) is 10.8. The molecule has 0 unspecified atom stereocenters. The Labute approximate surface area is 135 Å². The molecular weight excluding hydrogens is 292 g/mol. The molecule has 1 aromatic heterocycles. The van der Waals surface area contributed by atoms with Crippen LogP contribution in [-0.2, 0) is 4.79 Å². The van der Waals surface area contributed by atoms with Crippen molar-refractivity contribution in [1.29, 1.82) is 0 Å². The quantitative estimate of drug-likeness (QED) is 0.845. The van der Waals surface area contributed by atoms with Crippen LogP contribution >= 0.6 is 11.3 Å². The number of hydrogen-bond acceptors (Lipinski definition) is 3. The molecule has 0 radical (unpaired) electrons. The Morgan fingerprint density at radius 2 is 1.86 bits per heavy atom. The minimum atomic E-state index is 0.00447. The summed E-state index contributed by atoms with van der Waals surface area (Å²) in [7, 11) is 0. The Morgan fingerprint density at radius 3 is 2.64 bits per heavy atom. The molecule has 0 saturated heterocycles. The first-order valence-electron chi connectivity index (χ1n) is 8.15. The van der Waals surface area contributed by atoms with Gasteiger partial charge in [-0.2, -0.15) is 0 Å². The molecular formula is C18H22N2OS. The smallest absolute Gasteiger partial charge is 0.244 e. The van der Waals surface area contributed by atoms with Crippen LogP contribution in [0.5, 0.6) is 0 Å². The zero-order valence-electron chi connectivity index (χ0n) is 12.8. The highest BCUT2D eigenvalue weighted by molar-refractivity contribution is 7.19. The molecule has 22 heavy (non-hydrogen) atoms.